The summed E-state index contributed by atoms with van der Waals surface area (Å²) in [6, 6.07) is 62.7. The third-order valence-electron chi connectivity index (χ3n) is 10.2. The lowest BCUT2D eigenvalue weighted by Crippen LogP contribution is -2.51. The molecule has 1 nitrogen and oxygen atoms in total. The number of hydrogen-bond acceptors (Lipinski definition) is 1. The summed E-state index contributed by atoms with van der Waals surface area (Å²) in [6.45, 7) is 8.74. The Morgan fingerprint density at radius 1 is 0.346 bits per heavy atom. The van der Waals surface area contributed by atoms with Gasteiger partial charge in [-0.15, -0.1) is 0 Å². The van der Waals surface area contributed by atoms with Crippen LogP contribution >= 0.6 is 0 Å². The van der Waals surface area contributed by atoms with Crippen LogP contribution in [0.4, 0.5) is 17.1 Å². The minimum Gasteiger partial charge on any atom is -0.311 e. The van der Waals surface area contributed by atoms with E-state index in [1.807, 2.05) is 0 Å². The number of nitrogens with zero attached hydrogens (tertiary/aromatic N) is 1. The van der Waals surface area contributed by atoms with E-state index >= 15 is 0 Å². The van der Waals surface area contributed by atoms with E-state index in [9.17, 15) is 0 Å². The van der Waals surface area contributed by atoms with Crippen molar-refractivity contribution in [2.24, 2.45) is 0 Å². The van der Waals surface area contributed by atoms with Crippen molar-refractivity contribution in [1.29, 1.82) is 0 Å². The van der Waals surface area contributed by atoms with Crippen molar-refractivity contribution in [2.75, 3.05) is 4.90 Å². The third kappa shape index (κ3) is 6.93. The molecule has 0 heterocycles. The van der Waals surface area contributed by atoms with Crippen LogP contribution in [-0.4, -0.2) is 6.71 Å². The summed E-state index contributed by atoms with van der Waals surface area (Å²) >= 11 is 0. The maximum atomic E-state index is 2.38. The Balaban J connectivity index is 1.06. The van der Waals surface area contributed by atoms with E-state index in [2.05, 4.69) is 215 Å². The first-order chi connectivity index (χ1) is 25.4. The van der Waals surface area contributed by atoms with Crippen LogP contribution in [0.3, 0.4) is 0 Å². The van der Waals surface area contributed by atoms with Gasteiger partial charge in [0.2, 0.25) is 6.71 Å². The molecule has 0 atom stereocenters. The summed E-state index contributed by atoms with van der Waals surface area (Å²) in [5.41, 5.74) is 14.8. The minimum atomic E-state index is 0.177. The fourth-order valence-corrected chi connectivity index (χ4v) is 7.25. The summed E-state index contributed by atoms with van der Waals surface area (Å²) in [6.07, 6.45) is 4.42. The molecule has 0 radical (unpaired) electrons. The molecular formula is C50H42BN. The van der Waals surface area contributed by atoms with Crippen LogP contribution in [0.5, 0.6) is 0 Å². The topological polar surface area (TPSA) is 3.24 Å². The molecule has 8 rings (SSSR count). The number of rotatable bonds is 8. The van der Waals surface area contributed by atoms with E-state index in [-0.39, 0.29) is 6.71 Å². The fourth-order valence-electron chi connectivity index (χ4n) is 7.25. The quantitative estimate of drug-likeness (QED) is 0.0886. The summed E-state index contributed by atoms with van der Waals surface area (Å²) in [5.74, 6) is 0. The molecule has 0 aliphatic rings. The lowest BCUT2D eigenvalue weighted by molar-refractivity contribution is 1.27. The van der Waals surface area contributed by atoms with E-state index < -0.39 is 0 Å². The van der Waals surface area contributed by atoms with Crippen molar-refractivity contribution >= 4 is 73.9 Å². The lowest BCUT2D eigenvalue weighted by atomic mass is 9.36. The van der Waals surface area contributed by atoms with Crippen molar-refractivity contribution in [3.05, 3.63) is 203 Å². The molecule has 0 unspecified atom stereocenters. The molecule has 8 aromatic rings. The summed E-state index contributed by atoms with van der Waals surface area (Å²) < 4.78 is 0. The Morgan fingerprint density at radius 2 is 0.712 bits per heavy atom. The molecular weight excluding hydrogens is 625 g/mol. The van der Waals surface area contributed by atoms with Crippen LogP contribution in [0.2, 0.25) is 0 Å². The second kappa shape index (κ2) is 14.3. The average Bonchev–Trinajstić information content (AvgIpc) is 3.17. The molecule has 0 bridgehead atoms. The largest absolute Gasteiger partial charge is 0.311 e. The van der Waals surface area contributed by atoms with Crippen LogP contribution in [0.15, 0.2) is 170 Å². The molecule has 52 heavy (non-hydrogen) atoms. The van der Waals surface area contributed by atoms with Gasteiger partial charge in [-0.2, -0.15) is 0 Å². The van der Waals surface area contributed by atoms with Gasteiger partial charge in [-0.05, 0) is 103 Å². The van der Waals surface area contributed by atoms with Gasteiger partial charge < -0.3 is 4.90 Å². The van der Waals surface area contributed by atoms with Crippen molar-refractivity contribution < 1.29 is 0 Å². The Kier molecular flexibility index (Phi) is 9.06. The molecule has 0 aliphatic heterocycles. The number of fused-ring (bicyclic) bond motifs is 3. The highest BCUT2D eigenvalue weighted by Gasteiger charge is 2.22. The molecule has 0 spiro atoms. The van der Waals surface area contributed by atoms with Gasteiger partial charge in [0.25, 0.3) is 0 Å². The van der Waals surface area contributed by atoms with Gasteiger partial charge in [-0.1, -0.05) is 178 Å². The predicted molar refractivity (Wildman–Crippen MR) is 228 cm³/mol. The van der Waals surface area contributed by atoms with Crippen LogP contribution < -0.4 is 21.3 Å². The van der Waals surface area contributed by atoms with Crippen LogP contribution in [-0.2, 0) is 0 Å². The van der Waals surface area contributed by atoms with Gasteiger partial charge >= 0.3 is 0 Å². The Bertz CT molecular complexity index is 2420. The molecule has 0 aromatic heterocycles. The summed E-state index contributed by atoms with van der Waals surface area (Å²) in [7, 11) is 0. The molecule has 0 fully saturated rings. The van der Waals surface area contributed by atoms with E-state index in [0.717, 1.165) is 17.1 Å². The van der Waals surface area contributed by atoms with Crippen LogP contribution in [0, 0.1) is 27.7 Å². The second-order valence-electron chi connectivity index (χ2n) is 14.2. The smallest absolute Gasteiger partial charge is 0.241 e. The zero-order valence-corrected chi connectivity index (χ0v) is 30.3. The molecule has 8 aromatic carbocycles. The SMILES string of the molecule is Cc1ccc(B(c2ccc(C)cc2)c2ccc3c(ccc4cc(/C=C/c5ccc(N(c6ccc(C)cc6)c6ccc(C)cc6)cc5)ccc43)c2)cc1. The Hall–Kier alpha value is -6.12. The van der Waals surface area contributed by atoms with Gasteiger partial charge in [0, 0.05) is 17.1 Å². The van der Waals surface area contributed by atoms with Gasteiger partial charge in [-0.25, -0.2) is 0 Å². The van der Waals surface area contributed by atoms with Gasteiger partial charge in [0.05, 0.1) is 0 Å². The molecule has 0 saturated heterocycles. The number of anilines is 3. The fraction of sp³-hybridized carbons (Fsp3) is 0.0800. The van der Waals surface area contributed by atoms with Gasteiger partial charge in [-0.3, -0.25) is 0 Å². The van der Waals surface area contributed by atoms with E-state index in [4.69, 9.17) is 0 Å². The molecule has 2 heteroatoms. The molecule has 250 valence electrons. The Morgan fingerprint density at radius 3 is 1.21 bits per heavy atom. The first kappa shape index (κ1) is 33.1. The zero-order chi connectivity index (χ0) is 35.6. The lowest BCUT2D eigenvalue weighted by Gasteiger charge is -2.25. The normalized spacial score (nSPS) is 11.4. The molecule has 0 amide bonds. The van der Waals surface area contributed by atoms with Crippen LogP contribution in [0.1, 0.15) is 33.4 Å². The van der Waals surface area contributed by atoms with Crippen molar-refractivity contribution in [3.8, 4) is 0 Å². The first-order valence-electron chi connectivity index (χ1n) is 18.2. The van der Waals surface area contributed by atoms with Gasteiger partial charge in [0.1, 0.15) is 0 Å². The average molecular weight is 668 g/mol. The first-order valence-corrected chi connectivity index (χ1v) is 18.2. The van der Waals surface area contributed by atoms with E-state index in [1.54, 1.807) is 0 Å². The summed E-state index contributed by atoms with van der Waals surface area (Å²) in [5, 5.41) is 5.08. The molecule has 0 N–H and O–H groups in total. The van der Waals surface area contributed by atoms with Crippen molar-refractivity contribution in [3.63, 3.8) is 0 Å². The maximum absolute atomic E-state index is 2.38. The van der Waals surface area contributed by atoms with Crippen molar-refractivity contribution in [2.45, 2.75) is 27.7 Å². The van der Waals surface area contributed by atoms with Crippen molar-refractivity contribution in [1.82, 2.24) is 0 Å². The van der Waals surface area contributed by atoms with E-state index in [1.165, 1.54) is 71.3 Å². The van der Waals surface area contributed by atoms with Gasteiger partial charge in [0.15, 0.2) is 0 Å². The molecule has 0 aliphatic carbocycles. The minimum absolute atomic E-state index is 0.177. The second-order valence-corrected chi connectivity index (χ2v) is 14.2. The predicted octanol–water partition coefficient (Wildman–Crippen LogP) is 11.4. The monoisotopic (exact) mass is 667 g/mol. The standard InChI is InChI=1S/C50H42BN/c1-35-5-20-43(21-6-35)51(44-22-7-36(2)8-23-44)45-24-32-50-42(34-45)19-18-41-33-40(17-31-49(41)50)14-13-39-15-29-48(30-16-39)52(46-25-9-37(3)10-26-46)47-27-11-38(4)12-28-47/h5-34H,1-4H3/b14-13+. The van der Waals surface area contributed by atoms with E-state index in [0.29, 0.717) is 0 Å². The zero-order valence-electron chi connectivity index (χ0n) is 30.3. The summed E-state index contributed by atoms with van der Waals surface area (Å²) in [4.78, 5) is 2.31. The highest BCUT2D eigenvalue weighted by Crippen LogP contribution is 2.35. The molecule has 0 saturated carbocycles. The Labute approximate surface area is 308 Å². The number of hydrogen-bond donors (Lipinski definition) is 0. The maximum Gasteiger partial charge on any atom is 0.241 e. The highest BCUT2D eigenvalue weighted by molar-refractivity contribution is 6.95. The third-order valence-corrected chi connectivity index (χ3v) is 10.2. The number of aryl methyl sites for hydroxylation is 4. The number of benzene rings is 8. The highest BCUT2D eigenvalue weighted by atomic mass is 15.1. The van der Waals surface area contributed by atoms with Crippen LogP contribution in [0.25, 0.3) is 33.7 Å².